The zero-order valence-corrected chi connectivity index (χ0v) is 12.5. The maximum atomic E-state index is 14.0. The summed E-state index contributed by atoms with van der Waals surface area (Å²) < 4.78 is 53.8. The second kappa shape index (κ2) is 6.57. The molecule has 0 aliphatic rings. The highest BCUT2D eigenvalue weighted by molar-refractivity contribution is 7.89. The van der Waals surface area contributed by atoms with Crippen molar-refractivity contribution in [2.75, 3.05) is 20.6 Å². The largest absolute Gasteiger partial charge is 0.326 e. The van der Waals surface area contributed by atoms with E-state index in [1.54, 1.807) is 25.9 Å². The molecule has 1 unspecified atom stereocenters. The first-order chi connectivity index (χ1) is 9.19. The fourth-order valence-electron chi connectivity index (χ4n) is 1.88. The van der Waals surface area contributed by atoms with Gasteiger partial charge in [-0.25, -0.2) is 21.9 Å². The van der Waals surface area contributed by atoms with Gasteiger partial charge in [0.05, 0.1) is 0 Å². The molecule has 1 aromatic rings. The molecule has 0 fully saturated rings. The summed E-state index contributed by atoms with van der Waals surface area (Å²) in [5.41, 5.74) is 4.79. The van der Waals surface area contributed by atoms with Crippen molar-refractivity contribution in [3.05, 3.63) is 29.3 Å². The van der Waals surface area contributed by atoms with Crippen LogP contribution in [0.25, 0.3) is 0 Å². The van der Waals surface area contributed by atoms with Crippen LogP contribution in [0, 0.1) is 11.6 Å². The molecule has 0 amide bonds. The summed E-state index contributed by atoms with van der Waals surface area (Å²) in [6.45, 7) is 1.70. The number of nitrogens with one attached hydrogen (secondary N) is 1. The summed E-state index contributed by atoms with van der Waals surface area (Å²) >= 11 is 0. The predicted octanol–water partition coefficient (Wildman–Crippen LogP) is 0.652. The maximum absolute atomic E-state index is 14.0. The molecule has 0 heterocycles. The molecule has 8 heteroatoms. The van der Waals surface area contributed by atoms with Gasteiger partial charge < -0.3 is 10.6 Å². The first-order valence-corrected chi connectivity index (χ1v) is 7.51. The molecule has 0 aromatic heterocycles. The molecule has 20 heavy (non-hydrogen) atoms. The molecule has 0 radical (unpaired) electrons. The van der Waals surface area contributed by atoms with E-state index in [2.05, 4.69) is 4.72 Å². The topological polar surface area (TPSA) is 75.4 Å². The van der Waals surface area contributed by atoms with Gasteiger partial charge in [0, 0.05) is 24.7 Å². The summed E-state index contributed by atoms with van der Waals surface area (Å²) in [6, 6.07) is 1.38. The van der Waals surface area contributed by atoms with Crippen LogP contribution in [0.2, 0.25) is 0 Å². The average molecular weight is 307 g/mol. The zero-order valence-electron chi connectivity index (χ0n) is 11.7. The lowest BCUT2D eigenvalue weighted by molar-refractivity contribution is 0.370. The first kappa shape index (κ1) is 17.0. The molecule has 1 atom stereocenters. The van der Waals surface area contributed by atoms with Crippen molar-refractivity contribution in [1.82, 2.24) is 9.62 Å². The first-order valence-electron chi connectivity index (χ1n) is 6.03. The van der Waals surface area contributed by atoms with Crippen LogP contribution in [0.1, 0.15) is 12.5 Å². The van der Waals surface area contributed by atoms with Crippen molar-refractivity contribution in [2.24, 2.45) is 5.73 Å². The Labute approximate surface area is 117 Å². The molecule has 0 aliphatic heterocycles. The lowest BCUT2D eigenvalue weighted by Gasteiger charge is -2.19. The average Bonchev–Trinajstić information content (AvgIpc) is 2.26. The number of rotatable bonds is 6. The molecule has 5 nitrogen and oxygen atoms in total. The van der Waals surface area contributed by atoms with Gasteiger partial charge in [0.25, 0.3) is 0 Å². The van der Waals surface area contributed by atoms with Crippen LogP contribution < -0.4 is 10.5 Å². The summed E-state index contributed by atoms with van der Waals surface area (Å²) in [5.74, 6) is -2.00. The van der Waals surface area contributed by atoms with Crippen LogP contribution in [-0.2, 0) is 16.6 Å². The van der Waals surface area contributed by atoms with Gasteiger partial charge >= 0.3 is 0 Å². The fourth-order valence-corrected chi connectivity index (χ4v) is 3.22. The van der Waals surface area contributed by atoms with Crippen molar-refractivity contribution < 1.29 is 17.2 Å². The molecule has 3 N–H and O–H groups in total. The van der Waals surface area contributed by atoms with E-state index in [4.69, 9.17) is 5.73 Å². The van der Waals surface area contributed by atoms with E-state index in [0.717, 1.165) is 12.1 Å². The fraction of sp³-hybridized carbons (Fsp3) is 0.500. The molecule has 1 aromatic carbocycles. The zero-order chi connectivity index (χ0) is 15.5. The SMILES string of the molecule is CC(CN(C)C)NS(=O)(=O)c1ccc(F)c(CN)c1F. The normalized spacial score (nSPS) is 13.8. The smallest absolute Gasteiger partial charge is 0.243 e. The van der Waals surface area contributed by atoms with Crippen molar-refractivity contribution >= 4 is 10.0 Å². The van der Waals surface area contributed by atoms with Gasteiger partial charge in [-0.1, -0.05) is 0 Å². The van der Waals surface area contributed by atoms with Gasteiger partial charge in [-0.3, -0.25) is 0 Å². The van der Waals surface area contributed by atoms with E-state index in [1.807, 2.05) is 0 Å². The third-order valence-corrected chi connectivity index (χ3v) is 4.25. The van der Waals surface area contributed by atoms with Gasteiger partial charge in [0.1, 0.15) is 10.7 Å². The Balaban J connectivity index is 3.10. The van der Waals surface area contributed by atoms with Gasteiger partial charge in [-0.05, 0) is 33.2 Å². The van der Waals surface area contributed by atoms with Crippen molar-refractivity contribution in [2.45, 2.75) is 24.4 Å². The summed E-state index contributed by atoms with van der Waals surface area (Å²) in [5, 5.41) is 0. The van der Waals surface area contributed by atoms with Crippen LogP contribution in [0.5, 0.6) is 0 Å². The molecule has 0 spiro atoms. The molecule has 0 bridgehead atoms. The molecular weight excluding hydrogens is 288 g/mol. The standard InChI is InChI=1S/C12H19F2N3O2S/c1-8(7-17(2)3)16-20(18,19)11-5-4-10(13)9(6-15)12(11)14/h4-5,8,16H,6-7,15H2,1-3H3. The Morgan fingerprint density at radius 1 is 1.35 bits per heavy atom. The van der Waals surface area contributed by atoms with E-state index in [-0.39, 0.29) is 0 Å². The van der Waals surface area contributed by atoms with E-state index >= 15 is 0 Å². The highest BCUT2D eigenvalue weighted by Gasteiger charge is 2.24. The summed E-state index contributed by atoms with van der Waals surface area (Å²) in [4.78, 5) is 1.20. The number of likely N-dealkylation sites (N-methyl/N-ethyl adjacent to an activating group) is 1. The summed E-state index contributed by atoms with van der Waals surface area (Å²) in [6.07, 6.45) is 0. The molecule has 0 aliphatic carbocycles. The Morgan fingerprint density at radius 3 is 2.45 bits per heavy atom. The van der Waals surface area contributed by atoms with Gasteiger partial charge in [-0.15, -0.1) is 0 Å². The van der Waals surface area contributed by atoms with Crippen molar-refractivity contribution in [3.8, 4) is 0 Å². The van der Waals surface area contributed by atoms with E-state index in [0.29, 0.717) is 6.54 Å². The minimum atomic E-state index is -4.06. The van der Waals surface area contributed by atoms with E-state index in [9.17, 15) is 17.2 Å². The van der Waals surface area contributed by atoms with Crippen LogP contribution in [-0.4, -0.2) is 40.0 Å². The van der Waals surface area contributed by atoms with Crippen LogP contribution in [0.15, 0.2) is 17.0 Å². The van der Waals surface area contributed by atoms with Gasteiger partial charge in [0.15, 0.2) is 5.82 Å². The monoisotopic (exact) mass is 307 g/mol. The molecule has 114 valence electrons. The van der Waals surface area contributed by atoms with Crippen molar-refractivity contribution in [1.29, 1.82) is 0 Å². The van der Waals surface area contributed by atoms with E-state index in [1.165, 1.54) is 0 Å². The number of sulfonamides is 1. The second-order valence-corrected chi connectivity index (χ2v) is 6.51. The predicted molar refractivity (Wildman–Crippen MR) is 72.6 cm³/mol. The Kier molecular flexibility index (Phi) is 5.58. The quantitative estimate of drug-likeness (QED) is 0.809. The highest BCUT2D eigenvalue weighted by atomic mass is 32.2. The Hall–Kier alpha value is -1.09. The lowest BCUT2D eigenvalue weighted by Crippen LogP contribution is -2.39. The minimum Gasteiger partial charge on any atom is -0.326 e. The minimum absolute atomic E-state index is 0.408. The van der Waals surface area contributed by atoms with Crippen LogP contribution in [0.4, 0.5) is 8.78 Å². The number of halogens is 2. The van der Waals surface area contributed by atoms with Crippen molar-refractivity contribution in [3.63, 3.8) is 0 Å². The summed E-state index contributed by atoms with van der Waals surface area (Å²) in [7, 11) is -0.484. The highest BCUT2D eigenvalue weighted by Crippen LogP contribution is 2.20. The molecular formula is C12H19F2N3O2S. The van der Waals surface area contributed by atoms with E-state index < -0.39 is 44.7 Å². The molecule has 1 rings (SSSR count). The number of nitrogens with zero attached hydrogens (tertiary/aromatic N) is 1. The van der Waals surface area contributed by atoms with Crippen LogP contribution >= 0.6 is 0 Å². The lowest BCUT2D eigenvalue weighted by atomic mass is 10.2. The Morgan fingerprint density at radius 2 is 1.95 bits per heavy atom. The number of hydrogen-bond donors (Lipinski definition) is 2. The molecule has 0 saturated carbocycles. The number of benzene rings is 1. The van der Waals surface area contributed by atoms with Gasteiger partial charge in [0.2, 0.25) is 10.0 Å². The Bertz CT molecular complexity index is 576. The number of nitrogens with two attached hydrogens (primary N) is 1. The number of hydrogen-bond acceptors (Lipinski definition) is 4. The van der Waals surface area contributed by atoms with Crippen LogP contribution in [0.3, 0.4) is 0 Å². The van der Waals surface area contributed by atoms with Gasteiger partial charge in [-0.2, -0.15) is 0 Å². The third kappa shape index (κ3) is 3.95. The molecule has 0 saturated heterocycles. The maximum Gasteiger partial charge on any atom is 0.243 e. The third-order valence-electron chi connectivity index (χ3n) is 2.64. The second-order valence-electron chi connectivity index (χ2n) is 4.83.